The van der Waals surface area contributed by atoms with Gasteiger partial charge in [0.15, 0.2) is 0 Å². The number of hydrogen-bond donors (Lipinski definition) is 2. The Kier molecular flexibility index (Phi) is 4.90. The second kappa shape index (κ2) is 5.72. The molecule has 1 fully saturated rings. The molecular formula is C12H26N2. The first-order valence-corrected chi connectivity index (χ1v) is 6.07. The van der Waals surface area contributed by atoms with E-state index in [2.05, 4.69) is 26.1 Å². The van der Waals surface area contributed by atoms with E-state index < -0.39 is 0 Å². The summed E-state index contributed by atoms with van der Waals surface area (Å²) in [4.78, 5) is 0. The third-order valence-electron chi connectivity index (χ3n) is 3.14. The highest BCUT2D eigenvalue weighted by atomic mass is 14.9. The Hall–Kier alpha value is -0.0800. The average molecular weight is 198 g/mol. The minimum Gasteiger partial charge on any atom is -0.327 e. The first kappa shape index (κ1) is 12.0. The molecule has 0 aromatic rings. The molecule has 0 aliphatic heterocycles. The van der Waals surface area contributed by atoms with Gasteiger partial charge in [-0.15, -0.1) is 0 Å². The van der Waals surface area contributed by atoms with E-state index >= 15 is 0 Å². The monoisotopic (exact) mass is 198 g/mol. The highest BCUT2D eigenvalue weighted by Gasteiger charge is 2.21. The van der Waals surface area contributed by atoms with Crippen molar-refractivity contribution in [2.24, 2.45) is 17.6 Å². The van der Waals surface area contributed by atoms with E-state index in [9.17, 15) is 0 Å². The van der Waals surface area contributed by atoms with Gasteiger partial charge in [0, 0.05) is 18.6 Å². The van der Waals surface area contributed by atoms with Gasteiger partial charge in [-0.2, -0.15) is 0 Å². The molecule has 0 aromatic carbocycles. The largest absolute Gasteiger partial charge is 0.327 e. The smallest absolute Gasteiger partial charge is 0.0167 e. The van der Waals surface area contributed by atoms with Gasteiger partial charge in [-0.05, 0) is 37.5 Å². The summed E-state index contributed by atoms with van der Waals surface area (Å²) in [6, 6.07) is 1.08. The highest BCUT2D eigenvalue weighted by Crippen LogP contribution is 2.24. The molecule has 1 aliphatic rings. The van der Waals surface area contributed by atoms with E-state index in [1.54, 1.807) is 0 Å². The molecular weight excluding hydrogens is 172 g/mol. The quantitative estimate of drug-likeness (QED) is 0.710. The summed E-state index contributed by atoms with van der Waals surface area (Å²) >= 11 is 0. The maximum Gasteiger partial charge on any atom is 0.0167 e. The molecule has 0 radical (unpaired) electrons. The summed E-state index contributed by atoms with van der Waals surface area (Å²) in [5.41, 5.74) is 6.02. The lowest BCUT2D eigenvalue weighted by atomic mass is 10.0. The Labute approximate surface area is 88.6 Å². The van der Waals surface area contributed by atoms with E-state index in [-0.39, 0.29) is 0 Å². The van der Waals surface area contributed by atoms with Crippen LogP contribution in [0.3, 0.4) is 0 Å². The maximum absolute atomic E-state index is 6.02. The SMILES string of the molecule is CC(C)CC(N)CNC1CCC(C)C1. The molecule has 14 heavy (non-hydrogen) atoms. The number of nitrogens with two attached hydrogens (primary N) is 1. The number of hydrogen-bond acceptors (Lipinski definition) is 2. The molecule has 0 saturated heterocycles. The van der Waals surface area contributed by atoms with E-state index in [0.717, 1.165) is 24.9 Å². The fourth-order valence-corrected chi connectivity index (χ4v) is 2.40. The van der Waals surface area contributed by atoms with Crippen LogP contribution >= 0.6 is 0 Å². The molecule has 0 bridgehead atoms. The summed E-state index contributed by atoms with van der Waals surface area (Å²) in [6.07, 6.45) is 5.20. The second-order valence-electron chi connectivity index (χ2n) is 5.41. The summed E-state index contributed by atoms with van der Waals surface area (Å²) in [6.45, 7) is 7.81. The molecule has 0 aromatic heterocycles. The summed E-state index contributed by atoms with van der Waals surface area (Å²) in [5, 5.41) is 3.59. The van der Waals surface area contributed by atoms with Gasteiger partial charge >= 0.3 is 0 Å². The Morgan fingerprint density at radius 3 is 2.57 bits per heavy atom. The van der Waals surface area contributed by atoms with E-state index in [0.29, 0.717) is 12.0 Å². The molecule has 3 unspecified atom stereocenters. The Bertz CT molecular complexity index is 156. The van der Waals surface area contributed by atoms with Crippen LogP contribution < -0.4 is 11.1 Å². The second-order valence-corrected chi connectivity index (χ2v) is 5.41. The fourth-order valence-electron chi connectivity index (χ4n) is 2.40. The number of nitrogens with one attached hydrogen (secondary N) is 1. The van der Waals surface area contributed by atoms with Crippen LogP contribution in [0, 0.1) is 11.8 Å². The van der Waals surface area contributed by atoms with Crippen LogP contribution in [0.5, 0.6) is 0 Å². The molecule has 0 spiro atoms. The van der Waals surface area contributed by atoms with Crippen LogP contribution in [0.2, 0.25) is 0 Å². The Balaban J connectivity index is 2.08. The molecule has 84 valence electrons. The molecule has 2 nitrogen and oxygen atoms in total. The maximum atomic E-state index is 6.02. The first-order valence-electron chi connectivity index (χ1n) is 6.07. The van der Waals surface area contributed by atoms with Crippen molar-refractivity contribution in [2.75, 3.05) is 6.54 Å². The van der Waals surface area contributed by atoms with Gasteiger partial charge in [0.1, 0.15) is 0 Å². The Morgan fingerprint density at radius 2 is 2.07 bits per heavy atom. The van der Waals surface area contributed by atoms with Crippen LogP contribution in [0.15, 0.2) is 0 Å². The van der Waals surface area contributed by atoms with Crippen molar-refractivity contribution in [3.05, 3.63) is 0 Å². The standard InChI is InChI=1S/C12H26N2/c1-9(2)6-11(13)8-14-12-5-4-10(3)7-12/h9-12,14H,4-8,13H2,1-3H3. The molecule has 3 N–H and O–H groups in total. The van der Waals surface area contributed by atoms with E-state index in [1.165, 1.54) is 19.3 Å². The van der Waals surface area contributed by atoms with Gasteiger partial charge < -0.3 is 11.1 Å². The van der Waals surface area contributed by atoms with Crippen molar-refractivity contribution < 1.29 is 0 Å². The van der Waals surface area contributed by atoms with Crippen LogP contribution in [-0.2, 0) is 0 Å². The van der Waals surface area contributed by atoms with Gasteiger partial charge in [0.25, 0.3) is 0 Å². The lowest BCUT2D eigenvalue weighted by Gasteiger charge is -2.18. The van der Waals surface area contributed by atoms with E-state index in [4.69, 9.17) is 5.73 Å². The molecule has 2 heteroatoms. The van der Waals surface area contributed by atoms with E-state index in [1.807, 2.05) is 0 Å². The van der Waals surface area contributed by atoms with Crippen LogP contribution in [-0.4, -0.2) is 18.6 Å². The predicted molar refractivity (Wildman–Crippen MR) is 62.2 cm³/mol. The lowest BCUT2D eigenvalue weighted by Crippen LogP contribution is -2.39. The normalized spacial score (nSPS) is 29.8. The minimum absolute atomic E-state index is 0.339. The van der Waals surface area contributed by atoms with Crippen LogP contribution in [0.4, 0.5) is 0 Å². The molecule has 1 aliphatic carbocycles. The summed E-state index contributed by atoms with van der Waals surface area (Å²) in [5.74, 6) is 1.63. The van der Waals surface area contributed by atoms with Gasteiger partial charge in [0.2, 0.25) is 0 Å². The van der Waals surface area contributed by atoms with Crippen molar-refractivity contribution in [1.82, 2.24) is 5.32 Å². The summed E-state index contributed by atoms with van der Waals surface area (Å²) < 4.78 is 0. The molecule has 1 rings (SSSR count). The third-order valence-corrected chi connectivity index (χ3v) is 3.14. The zero-order valence-electron chi connectivity index (χ0n) is 9.92. The van der Waals surface area contributed by atoms with Crippen molar-refractivity contribution in [1.29, 1.82) is 0 Å². The first-order chi connectivity index (χ1) is 6.58. The average Bonchev–Trinajstić information content (AvgIpc) is 2.47. The van der Waals surface area contributed by atoms with Crippen LogP contribution in [0.1, 0.15) is 46.5 Å². The third kappa shape index (κ3) is 4.43. The minimum atomic E-state index is 0.339. The van der Waals surface area contributed by atoms with Crippen LogP contribution in [0.25, 0.3) is 0 Å². The van der Waals surface area contributed by atoms with Crippen molar-refractivity contribution in [3.63, 3.8) is 0 Å². The van der Waals surface area contributed by atoms with Gasteiger partial charge in [-0.25, -0.2) is 0 Å². The fraction of sp³-hybridized carbons (Fsp3) is 1.00. The summed E-state index contributed by atoms with van der Waals surface area (Å²) in [7, 11) is 0. The Morgan fingerprint density at radius 1 is 1.36 bits per heavy atom. The predicted octanol–water partition coefficient (Wildman–Crippen LogP) is 2.14. The topological polar surface area (TPSA) is 38.0 Å². The van der Waals surface area contributed by atoms with Crippen molar-refractivity contribution in [2.45, 2.75) is 58.5 Å². The van der Waals surface area contributed by atoms with Gasteiger partial charge in [-0.3, -0.25) is 0 Å². The molecule has 0 heterocycles. The van der Waals surface area contributed by atoms with Gasteiger partial charge in [0.05, 0.1) is 0 Å². The number of rotatable bonds is 5. The molecule has 0 amide bonds. The highest BCUT2D eigenvalue weighted by molar-refractivity contribution is 4.80. The lowest BCUT2D eigenvalue weighted by molar-refractivity contribution is 0.427. The molecule has 3 atom stereocenters. The zero-order chi connectivity index (χ0) is 10.6. The van der Waals surface area contributed by atoms with Crippen molar-refractivity contribution >= 4 is 0 Å². The van der Waals surface area contributed by atoms with Gasteiger partial charge in [-0.1, -0.05) is 20.8 Å². The zero-order valence-corrected chi connectivity index (χ0v) is 9.92. The molecule has 1 saturated carbocycles. The van der Waals surface area contributed by atoms with Crippen molar-refractivity contribution in [3.8, 4) is 0 Å².